The minimum atomic E-state index is -0.543. The standard InChI is InChI=1S/C25H27F2N3O3/c26-20-5-1-18(2-6-20)15-25(11-9-22(31)28-25)12-10-23(32)30-14-13-29(24(33)17-30)16-19-3-7-21(27)8-4-19/h1-8H,9-17H2,(H,28,31)/t25-/m1/s1. The molecule has 174 valence electrons. The van der Waals surface area contributed by atoms with Gasteiger partial charge < -0.3 is 15.1 Å². The Morgan fingerprint density at radius 2 is 1.58 bits per heavy atom. The molecule has 1 N–H and O–H groups in total. The lowest BCUT2D eigenvalue weighted by Crippen LogP contribution is -2.52. The second-order valence-corrected chi connectivity index (χ2v) is 8.89. The molecule has 2 aliphatic rings. The highest BCUT2D eigenvalue weighted by atomic mass is 19.1. The van der Waals surface area contributed by atoms with E-state index in [1.165, 1.54) is 24.3 Å². The molecule has 0 saturated carbocycles. The monoisotopic (exact) mass is 455 g/mol. The van der Waals surface area contributed by atoms with Crippen molar-refractivity contribution in [2.75, 3.05) is 19.6 Å². The Bertz CT molecular complexity index is 1030. The first-order chi connectivity index (χ1) is 15.8. The maximum Gasteiger partial charge on any atom is 0.242 e. The van der Waals surface area contributed by atoms with E-state index in [1.54, 1.807) is 34.1 Å². The van der Waals surface area contributed by atoms with E-state index in [4.69, 9.17) is 0 Å². The van der Waals surface area contributed by atoms with Gasteiger partial charge in [-0.05, 0) is 54.7 Å². The second-order valence-electron chi connectivity index (χ2n) is 8.89. The average molecular weight is 456 g/mol. The third-order valence-corrected chi connectivity index (χ3v) is 6.47. The van der Waals surface area contributed by atoms with Gasteiger partial charge in [-0.2, -0.15) is 0 Å². The fraction of sp³-hybridized carbons (Fsp3) is 0.400. The summed E-state index contributed by atoms with van der Waals surface area (Å²) in [4.78, 5) is 40.7. The molecule has 0 spiro atoms. The maximum atomic E-state index is 13.2. The van der Waals surface area contributed by atoms with Crippen molar-refractivity contribution in [2.45, 2.75) is 44.2 Å². The Morgan fingerprint density at radius 1 is 0.939 bits per heavy atom. The van der Waals surface area contributed by atoms with Crippen molar-refractivity contribution in [1.29, 1.82) is 0 Å². The van der Waals surface area contributed by atoms with Crippen LogP contribution in [0.3, 0.4) is 0 Å². The van der Waals surface area contributed by atoms with Gasteiger partial charge in [0.1, 0.15) is 11.6 Å². The van der Waals surface area contributed by atoms with Crippen LogP contribution in [0.25, 0.3) is 0 Å². The van der Waals surface area contributed by atoms with Gasteiger partial charge in [-0.15, -0.1) is 0 Å². The first-order valence-corrected chi connectivity index (χ1v) is 11.2. The van der Waals surface area contributed by atoms with Crippen molar-refractivity contribution in [3.05, 3.63) is 71.3 Å². The topological polar surface area (TPSA) is 69.7 Å². The van der Waals surface area contributed by atoms with E-state index in [2.05, 4.69) is 5.32 Å². The fourth-order valence-corrected chi connectivity index (χ4v) is 4.58. The Hall–Kier alpha value is -3.29. The van der Waals surface area contributed by atoms with Crippen molar-refractivity contribution in [3.63, 3.8) is 0 Å². The lowest BCUT2D eigenvalue weighted by molar-refractivity contribution is -0.145. The lowest BCUT2D eigenvalue weighted by atomic mass is 9.85. The smallest absolute Gasteiger partial charge is 0.242 e. The molecule has 2 aromatic rings. The molecule has 0 bridgehead atoms. The quantitative estimate of drug-likeness (QED) is 0.698. The summed E-state index contributed by atoms with van der Waals surface area (Å²) in [5.41, 5.74) is 1.19. The summed E-state index contributed by atoms with van der Waals surface area (Å²) in [6.07, 6.45) is 2.21. The zero-order valence-electron chi connectivity index (χ0n) is 18.4. The Balaban J connectivity index is 1.32. The molecule has 2 heterocycles. The van der Waals surface area contributed by atoms with Crippen molar-refractivity contribution in [3.8, 4) is 0 Å². The summed E-state index contributed by atoms with van der Waals surface area (Å²) in [6, 6.07) is 12.2. The minimum absolute atomic E-state index is 0.0113. The van der Waals surface area contributed by atoms with Gasteiger partial charge in [-0.3, -0.25) is 14.4 Å². The number of hydrogen-bond acceptors (Lipinski definition) is 3. The second kappa shape index (κ2) is 9.68. The first-order valence-electron chi connectivity index (χ1n) is 11.2. The van der Waals surface area contributed by atoms with Crippen LogP contribution in [0.5, 0.6) is 0 Å². The fourth-order valence-electron chi connectivity index (χ4n) is 4.58. The molecule has 4 rings (SSSR count). The number of nitrogens with one attached hydrogen (secondary N) is 1. The van der Waals surface area contributed by atoms with Gasteiger partial charge in [0.25, 0.3) is 0 Å². The van der Waals surface area contributed by atoms with Crippen molar-refractivity contribution >= 4 is 17.7 Å². The van der Waals surface area contributed by atoms with Gasteiger partial charge in [0.15, 0.2) is 0 Å². The maximum absolute atomic E-state index is 13.2. The molecular weight excluding hydrogens is 428 g/mol. The van der Waals surface area contributed by atoms with Gasteiger partial charge >= 0.3 is 0 Å². The molecule has 3 amide bonds. The molecular formula is C25H27F2N3O3. The van der Waals surface area contributed by atoms with Gasteiger partial charge in [-0.25, -0.2) is 8.78 Å². The normalized spacial score (nSPS) is 20.8. The lowest BCUT2D eigenvalue weighted by Gasteiger charge is -2.35. The van der Waals surface area contributed by atoms with Crippen LogP contribution in [0.2, 0.25) is 0 Å². The molecule has 2 aliphatic heterocycles. The number of rotatable bonds is 7. The SMILES string of the molecule is O=C1CC[C@@](CCC(=O)N2CCN(Cc3ccc(F)cc3)C(=O)C2)(Cc2ccc(F)cc2)N1. The van der Waals surface area contributed by atoms with E-state index < -0.39 is 5.54 Å². The molecule has 2 aromatic carbocycles. The summed E-state index contributed by atoms with van der Waals surface area (Å²) in [7, 11) is 0. The summed E-state index contributed by atoms with van der Waals surface area (Å²) in [5, 5.41) is 3.03. The van der Waals surface area contributed by atoms with Crippen LogP contribution in [-0.4, -0.2) is 52.7 Å². The van der Waals surface area contributed by atoms with E-state index >= 15 is 0 Å². The number of piperazine rings is 1. The number of benzene rings is 2. The van der Waals surface area contributed by atoms with E-state index in [0.717, 1.165) is 11.1 Å². The molecule has 2 fully saturated rings. The molecule has 6 nitrogen and oxygen atoms in total. The average Bonchev–Trinajstić information content (AvgIpc) is 3.17. The molecule has 0 unspecified atom stereocenters. The van der Waals surface area contributed by atoms with Gasteiger partial charge in [-0.1, -0.05) is 24.3 Å². The van der Waals surface area contributed by atoms with Gasteiger partial charge in [0.2, 0.25) is 17.7 Å². The molecule has 2 saturated heterocycles. The van der Waals surface area contributed by atoms with Gasteiger partial charge in [0, 0.05) is 38.0 Å². The highest BCUT2D eigenvalue weighted by molar-refractivity contribution is 5.86. The summed E-state index contributed by atoms with van der Waals surface area (Å²) < 4.78 is 26.3. The summed E-state index contributed by atoms with van der Waals surface area (Å²) >= 11 is 0. The number of carbonyl (C=O) groups excluding carboxylic acids is 3. The van der Waals surface area contributed by atoms with Crippen molar-refractivity contribution < 1.29 is 23.2 Å². The molecule has 0 radical (unpaired) electrons. The first kappa shape index (κ1) is 22.9. The molecule has 1 atom stereocenters. The number of carbonyl (C=O) groups is 3. The van der Waals surface area contributed by atoms with Crippen molar-refractivity contribution in [2.24, 2.45) is 0 Å². The third-order valence-electron chi connectivity index (χ3n) is 6.47. The Morgan fingerprint density at radius 3 is 2.15 bits per heavy atom. The van der Waals surface area contributed by atoms with Crippen LogP contribution in [0.1, 0.15) is 36.8 Å². The number of halogens is 2. The van der Waals surface area contributed by atoms with Crippen LogP contribution in [0.15, 0.2) is 48.5 Å². The summed E-state index contributed by atoms with van der Waals surface area (Å²) in [6.45, 7) is 1.24. The highest BCUT2D eigenvalue weighted by Crippen LogP contribution is 2.30. The predicted molar refractivity (Wildman–Crippen MR) is 118 cm³/mol. The van der Waals surface area contributed by atoms with Crippen LogP contribution in [-0.2, 0) is 27.3 Å². The largest absolute Gasteiger partial charge is 0.350 e. The zero-order valence-corrected chi connectivity index (χ0v) is 18.4. The van der Waals surface area contributed by atoms with Crippen LogP contribution >= 0.6 is 0 Å². The van der Waals surface area contributed by atoms with E-state index in [1.807, 2.05) is 0 Å². The van der Waals surface area contributed by atoms with Crippen LogP contribution < -0.4 is 5.32 Å². The summed E-state index contributed by atoms with van der Waals surface area (Å²) in [5.74, 6) is -0.953. The minimum Gasteiger partial charge on any atom is -0.350 e. The van der Waals surface area contributed by atoms with E-state index in [-0.39, 0.29) is 42.3 Å². The van der Waals surface area contributed by atoms with E-state index in [9.17, 15) is 23.2 Å². The third kappa shape index (κ3) is 5.74. The zero-order chi connectivity index (χ0) is 23.4. The van der Waals surface area contributed by atoms with Crippen LogP contribution in [0.4, 0.5) is 8.78 Å². The molecule has 8 heteroatoms. The number of nitrogens with zero attached hydrogens (tertiary/aromatic N) is 2. The van der Waals surface area contributed by atoms with E-state index in [0.29, 0.717) is 45.3 Å². The molecule has 0 aliphatic carbocycles. The number of hydrogen-bond donors (Lipinski definition) is 1. The Labute approximate surface area is 191 Å². The molecule has 0 aromatic heterocycles. The van der Waals surface area contributed by atoms with Gasteiger partial charge in [0.05, 0.1) is 6.54 Å². The highest BCUT2D eigenvalue weighted by Gasteiger charge is 2.38. The predicted octanol–water partition coefficient (Wildman–Crippen LogP) is 2.81. The molecule has 33 heavy (non-hydrogen) atoms. The number of amides is 3. The van der Waals surface area contributed by atoms with Crippen molar-refractivity contribution in [1.82, 2.24) is 15.1 Å². The Kier molecular flexibility index (Phi) is 6.72. The van der Waals surface area contributed by atoms with Crippen LogP contribution in [0, 0.1) is 11.6 Å².